The Morgan fingerprint density at radius 3 is 2.46 bits per heavy atom. The average Bonchev–Trinajstić information content (AvgIpc) is 2.66. The lowest BCUT2D eigenvalue weighted by atomic mass is 10.2. The van der Waals surface area contributed by atoms with Crippen LogP contribution in [-0.2, 0) is 9.59 Å². The zero-order chi connectivity index (χ0) is 18.8. The molecular weight excluding hydrogens is 338 g/mol. The predicted molar refractivity (Wildman–Crippen MR) is 91.5 cm³/mol. The molecule has 0 spiro atoms. The number of para-hydroxylation sites is 1. The van der Waals surface area contributed by atoms with Gasteiger partial charge in [0, 0.05) is 11.1 Å². The SMILES string of the molecule is O=C([O-])COc1ccccc1/C=N\NC(=O)CNC(=O)c1ccccc1. The number of nitrogens with zero attached hydrogens (tertiary/aromatic N) is 1. The normalized spacial score (nSPS) is 10.3. The third-order valence-electron chi connectivity index (χ3n) is 3.10. The fourth-order valence-electron chi connectivity index (χ4n) is 1.92. The quantitative estimate of drug-likeness (QED) is 0.498. The minimum absolute atomic E-state index is 0.242. The Morgan fingerprint density at radius 1 is 1.04 bits per heavy atom. The molecule has 0 aromatic heterocycles. The topological polar surface area (TPSA) is 120 Å². The van der Waals surface area contributed by atoms with Crippen LogP contribution in [0.1, 0.15) is 15.9 Å². The summed E-state index contributed by atoms with van der Waals surface area (Å²) in [6.07, 6.45) is 1.31. The molecule has 0 saturated carbocycles. The van der Waals surface area contributed by atoms with Crippen molar-refractivity contribution in [3.63, 3.8) is 0 Å². The summed E-state index contributed by atoms with van der Waals surface area (Å²) in [5, 5.41) is 16.7. The number of carbonyl (C=O) groups is 3. The first kappa shape index (κ1) is 18.7. The molecular formula is C18H16N3O5-. The van der Waals surface area contributed by atoms with Crippen LogP contribution in [0.5, 0.6) is 5.75 Å². The van der Waals surface area contributed by atoms with Crippen LogP contribution in [0.25, 0.3) is 0 Å². The van der Waals surface area contributed by atoms with E-state index in [1.807, 2.05) is 0 Å². The van der Waals surface area contributed by atoms with E-state index < -0.39 is 18.5 Å². The number of hydrogen-bond donors (Lipinski definition) is 2. The van der Waals surface area contributed by atoms with Crippen LogP contribution < -0.4 is 20.6 Å². The van der Waals surface area contributed by atoms with Gasteiger partial charge in [0.1, 0.15) is 12.4 Å². The van der Waals surface area contributed by atoms with Crippen LogP contribution in [-0.4, -0.2) is 37.1 Å². The van der Waals surface area contributed by atoms with E-state index in [-0.39, 0.29) is 18.2 Å². The fraction of sp³-hybridized carbons (Fsp3) is 0.111. The van der Waals surface area contributed by atoms with Crippen molar-refractivity contribution < 1.29 is 24.2 Å². The van der Waals surface area contributed by atoms with Crippen molar-refractivity contribution in [2.75, 3.05) is 13.2 Å². The third kappa shape index (κ3) is 6.08. The Hall–Kier alpha value is -3.68. The highest BCUT2D eigenvalue weighted by Crippen LogP contribution is 2.15. The maximum atomic E-state index is 11.8. The Bertz CT molecular complexity index is 805. The van der Waals surface area contributed by atoms with Gasteiger partial charge in [-0.25, -0.2) is 5.43 Å². The molecule has 0 atom stereocenters. The Morgan fingerprint density at radius 2 is 1.73 bits per heavy atom. The second-order valence-corrected chi connectivity index (χ2v) is 5.04. The molecule has 0 radical (unpaired) electrons. The van der Waals surface area contributed by atoms with Crippen LogP contribution in [0.15, 0.2) is 59.7 Å². The summed E-state index contributed by atoms with van der Waals surface area (Å²) in [6, 6.07) is 15.1. The van der Waals surface area contributed by atoms with Gasteiger partial charge in [-0.15, -0.1) is 0 Å². The van der Waals surface area contributed by atoms with Gasteiger partial charge in [-0.1, -0.05) is 30.3 Å². The fourth-order valence-corrected chi connectivity index (χ4v) is 1.92. The lowest BCUT2D eigenvalue weighted by Crippen LogP contribution is -2.34. The van der Waals surface area contributed by atoms with Gasteiger partial charge in [-0.2, -0.15) is 5.10 Å². The van der Waals surface area contributed by atoms with E-state index in [4.69, 9.17) is 4.74 Å². The number of amides is 2. The van der Waals surface area contributed by atoms with Crippen molar-refractivity contribution in [2.24, 2.45) is 5.10 Å². The van der Waals surface area contributed by atoms with Gasteiger partial charge >= 0.3 is 0 Å². The predicted octanol–water partition coefficient (Wildman–Crippen LogP) is -0.305. The Kier molecular flexibility index (Phi) is 6.87. The molecule has 0 aliphatic rings. The minimum atomic E-state index is -1.35. The summed E-state index contributed by atoms with van der Waals surface area (Å²) >= 11 is 0. The van der Waals surface area contributed by atoms with Crippen LogP contribution in [0.4, 0.5) is 0 Å². The molecule has 134 valence electrons. The molecule has 0 unspecified atom stereocenters. The molecule has 0 heterocycles. The zero-order valence-corrected chi connectivity index (χ0v) is 13.7. The summed E-state index contributed by atoms with van der Waals surface area (Å²) in [6.45, 7) is -0.837. The van der Waals surface area contributed by atoms with E-state index in [1.165, 1.54) is 6.21 Å². The third-order valence-corrected chi connectivity index (χ3v) is 3.10. The lowest BCUT2D eigenvalue weighted by Gasteiger charge is -2.09. The number of ether oxygens (including phenoxy) is 1. The molecule has 0 bridgehead atoms. The minimum Gasteiger partial charge on any atom is -0.546 e. The number of benzene rings is 2. The Balaban J connectivity index is 1.83. The van der Waals surface area contributed by atoms with Gasteiger partial charge < -0.3 is 20.0 Å². The van der Waals surface area contributed by atoms with Crippen LogP contribution in [0, 0.1) is 0 Å². The van der Waals surface area contributed by atoms with E-state index in [1.54, 1.807) is 54.6 Å². The van der Waals surface area contributed by atoms with Crippen molar-refractivity contribution in [1.29, 1.82) is 0 Å². The van der Waals surface area contributed by atoms with E-state index >= 15 is 0 Å². The smallest absolute Gasteiger partial charge is 0.259 e. The van der Waals surface area contributed by atoms with Crippen LogP contribution in [0.3, 0.4) is 0 Å². The van der Waals surface area contributed by atoms with E-state index in [0.717, 1.165) is 0 Å². The highest BCUT2D eigenvalue weighted by molar-refractivity contribution is 5.96. The largest absolute Gasteiger partial charge is 0.546 e. The van der Waals surface area contributed by atoms with Crippen LogP contribution >= 0.6 is 0 Å². The molecule has 8 heteroatoms. The van der Waals surface area contributed by atoms with Crippen molar-refractivity contribution in [1.82, 2.24) is 10.7 Å². The molecule has 8 nitrogen and oxygen atoms in total. The lowest BCUT2D eigenvalue weighted by molar-refractivity contribution is -0.307. The number of carboxylic acids is 1. The molecule has 0 aliphatic heterocycles. The summed E-state index contributed by atoms with van der Waals surface area (Å²) in [5.74, 6) is -1.95. The van der Waals surface area contributed by atoms with Crippen LogP contribution in [0.2, 0.25) is 0 Å². The number of rotatable bonds is 8. The van der Waals surface area contributed by atoms with Crippen molar-refractivity contribution in [3.05, 3.63) is 65.7 Å². The summed E-state index contributed by atoms with van der Waals surface area (Å²) in [4.78, 5) is 34.0. The molecule has 26 heavy (non-hydrogen) atoms. The standard InChI is InChI=1S/C18H17N3O5/c22-16(11-19-18(25)13-6-2-1-3-7-13)21-20-10-14-8-4-5-9-15(14)26-12-17(23)24/h1-10H,11-12H2,(H,19,25)(H,21,22)(H,23,24)/p-1/b20-10-. The van der Waals surface area contributed by atoms with Gasteiger partial charge in [0.05, 0.1) is 18.7 Å². The average molecular weight is 354 g/mol. The van der Waals surface area contributed by atoms with Crippen molar-refractivity contribution >= 4 is 24.0 Å². The van der Waals surface area contributed by atoms with Crippen molar-refractivity contribution in [3.8, 4) is 5.75 Å². The number of carboxylic acid groups (broad SMARTS) is 1. The second-order valence-electron chi connectivity index (χ2n) is 5.04. The second kappa shape index (κ2) is 9.58. The van der Waals surface area contributed by atoms with Gasteiger partial charge in [0.25, 0.3) is 11.8 Å². The van der Waals surface area contributed by atoms with E-state index in [2.05, 4.69) is 15.8 Å². The number of nitrogens with one attached hydrogen (secondary N) is 2. The number of carbonyl (C=O) groups excluding carboxylic acids is 3. The van der Waals surface area contributed by atoms with Gasteiger partial charge in [-0.05, 0) is 24.3 Å². The Labute approximate surface area is 149 Å². The first-order valence-electron chi connectivity index (χ1n) is 7.63. The number of hydrogen-bond acceptors (Lipinski definition) is 6. The maximum Gasteiger partial charge on any atom is 0.259 e. The molecule has 2 aromatic rings. The monoisotopic (exact) mass is 354 g/mol. The van der Waals surface area contributed by atoms with Crippen molar-refractivity contribution in [2.45, 2.75) is 0 Å². The highest BCUT2D eigenvalue weighted by Gasteiger charge is 2.06. The first-order valence-corrected chi connectivity index (χ1v) is 7.63. The number of aliphatic carboxylic acids is 1. The zero-order valence-electron chi connectivity index (χ0n) is 13.7. The summed E-state index contributed by atoms with van der Waals surface area (Å²) in [7, 11) is 0. The molecule has 0 saturated heterocycles. The van der Waals surface area contributed by atoms with Gasteiger partial charge in [-0.3, -0.25) is 9.59 Å². The number of hydrazone groups is 1. The van der Waals surface area contributed by atoms with E-state index in [0.29, 0.717) is 11.1 Å². The summed E-state index contributed by atoms with van der Waals surface area (Å²) < 4.78 is 5.06. The molecule has 0 aliphatic carbocycles. The molecule has 0 fully saturated rings. The molecule has 2 rings (SSSR count). The van der Waals surface area contributed by atoms with E-state index in [9.17, 15) is 19.5 Å². The molecule has 2 amide bonds. The summed E-state index contributed by atoms with van der Waals surface area (Å²) in [5.41, 5.74) is 3.18. The first-order chi connectivity index (χ1) is 12.6. The van der Waals surface area contributed by atoms with Gasteiger partial charge in [0.2, 0.25) is 0 Å². The molecule has 2 aromatic carbocycles. The van der Waals surface area contributed by atoms with Gasteiger partial charge in [0.15, 0.2) is 0 Å². The maximum absolute atomic E-state index is 11.8. The highest BCUT2D eigenvalue weighted by atomic mass is 16.5. The molecule has 2 N–H and O–H groups in total.